The molecule has 0 aliphatic carbocycles. The van der Waals surface area contributed by atoms with Crippen molar-refractivity contribution in [1.29, 1.82) is 0 Å². The minimum absolute atomic E-state index is 0.0283. The monoisotopic (exact) mass is 611 g/mol. The topological polar surface area (TPSA) is 125 Å². The Bertz CT molecular complexity index is 1310. The molecule has 0 radical (unpaired) electrons. The van der Waals surface area contributed by atoms with E-state index in [1.165, 1.54) is 9.80 Å². The number of nitrogens with one attached hydrogen (secondary N) is 1. The lowest BCUT2D eigenvalue weighted by molar-refractivity contribution is -0.133. The first-order valence-electron chi connectivity index (χ1n) is 14.4. The third kappa shape index (κ3) is 9.14. The summed E-state index contributed by atoms with van der Waals surface area (Å²) in [6.45, 7) is 16.6. The summed E-state index contributed by atoms with van der Waals surface area (Å²) in [6, 6.07) is 13.9. The molecule has 0 bridgehead atoms. The molecular weight excluding hydrogens is 566 g/mol. The first-order valence-corrected chi connectivity index (χ1v) is 17.4. The van der Waals surface area contributed by atoms with E-state index in [1.807, 2.05) is 20.8 Å². The van der Waals surface area contributed by atoms with E-state index in [0.717, 1.165) is 11.1 Å². The second-order valence-corrected chi connectivity index (χ2v) is 18.2. The molecule has 234 valence electrons. The molecule has 10 nitrogen and oxygen atoms in total. The largest absolute Gasteiger partial charge is 0.484 e. The fourth-order valence-corrected chi connectivity index (χ4v) is 5.51. The third-order valence-electron chi connectivity index (χ3n) is 8.02. The van der Waals surface area contributed by atoms with Crippen LogP contribution < -0.4 is 10.1 Å². The number of carbonyl (C=O) groups is 4. The highest BCUT2D eigenvalue weighted by Gasteiger charge is 2.44. The van der Waals surface area contributed by atoms with Gasteiger partial charge in [-0.05, 0) is 74.3 Å². The first kappa shape index (κ1) is 33.8. The summed E-state index contributed by atoms with van der Waals surface area (Å²) < 4.78 is 11.9. The van der Waals surface area contributed by atoms with E-state index in [2.05, 4.69) is 39.2 Å². The molecule has 1 atom stereocenters. The number of rotatable bonds is 10. The number of ether oxygens (including phenoxy) is 1. The summed E-state index contributed by atoms with van der Waals surface area (Å²) in [5.74, 6) is -0.0966. The molecule has 3 rings (SSSR count). The summed E-state index contributed by atoms with van der Waals surface area (Å²) in [7, 11) is -2.14. The van der Waals surface area contributed by atoms with Gasteiger partial charge in [-0.3, -0.25) is 19.3 Å². The minimum Gasteiger partial charge on any atom is -0.484 e. The number of carbonyl (C=O) groups excluding carboxylic acids is 3. The van der Waals surface area contributed by atoms with E-state index in [1.54, 1.807) is 48.5 Å². The number of nitrogens with zero attached hydrogens (tertiary/aromatic N) is 2. The summed E-state index contributed by atoms with van der Waals surface area (Å²) in [5.41, 5.74) is 1.56. The van der Waals surface area contributed by atoms with Crippen molar-refractivity contribution in [2.45, 2.75) is 84.4 Å². The lowest BCUT2D eigenvalue weighted by Gasteiger charge is -2.37. The van der Waals surface area contributed by atoms with E-state index < -0.39 is 26.1 Å². The molecule has 3 amide bonds. The summed E-state index contributed by atoms with van der Waals surface area (Å²) in [6.07, 6.45) is -1.59. The average Bonchev–Trinajstić information content (AvgIpc) is 3.27. The van der Waals surface area contributed by atoms with Gasteiger partial charge < -0.3 is 24.5 Å². The zero-order valence-corrected chi connectivity index (χ0v) is 27.5. The highest BCUT2D eigenvalue weighted by molar-refractivity contribution is 6.74. The highest BCUT2D eigenvalue weighted by atomic mass is 28.4. The lowest BCUT2D eigenvalue weighted by atomic mass is 10.0. The highest BCUT2D eigenvalue weighted by Crippen LogP contribution is 2.38. The van der Waals surface area contributed by atoms with Gasteiger partial charge >= 0.3 is 6.09 Å². The molecule has 1 aliphatic rings. The van der Waals surface area contributed by atoms with Crippen LogP contribution in [-0.2, 0) is 27.1 Å². The normalized spacial score (nSPS) is 15.8. The number of hydrogen-bond acceptors (Lipinski definition) is 6. The smallest absolute Gasteiger partial charge is 0.408 e. The zero-order valence-electron chi connectivity index (χ0n) is 26.5. The number of ketones is 1. The maximum atomic E-state index is 12.7. The van der Waals surface area contributed by atoms with E-state index in [0.29, 0.717) is 17.9 Å². The third-order valence-corrected chi connectivity index (χ3v) is 12.5. The van der Waals surface area contributed by atoms with Gasteiger partial charge in [0.1, 0.15) is 11.9 Å². The van der Waals surface area contributed by atoms with Gasteiger partial charge in [0.25, 0.3) is 11.8 Å². The van der Waals surface area contributed by atoms with Crippen molar-refractivity contribution in [3.8, 4) is 5.75 Å². The van der Waals surface area contributed by atoms with E-state index >= 15 is 0 Å². The summed E-state index contributed by atoms with van der Waals surface area (Å²) in [5, 5.41) is 12.3. The first-order chi connectivity index (χ1) is 19.9. The van der Waals surface area contributed by atoms with Crippen molar-refractivity contribution < 1.29 is 33.4 Å². The molecule has 2 aromatic carbocycles. The van der Waals surface area contributed by atoms with Crippen LogP contribution in [0.2, 0.25) is 18.1 Å². The van der Waals surface area contributed by atoms with Crippen molar-refractivity contribution in [1.82, 2.24) is 15.1 Å². The molecule has 2 N–H and O–H groups in total. The Kier molecular flexibility index (Phi) is 10.5. The van der Waals surface area contributed by atoms with Crippen molar-refractivity contribution in [3.05, 3.63) is 65.2 Å². The van der Waals surface area contributed by atoms with Crippen molar-refractivity contribution in [3.63, 3.8) is 0 Å². The predicted octanol–water partition coefficient (Wildman–Crippen LogP) is 5.08. The zero-order chi connectivity index (χ0) is 32.2. The van der Waals surface area contributed by atoms with Crippen LogP contribution in [0.4, 0.5) is 4.79 Å². The van der Waals surface area contributed by atoms with Gasteiger partial charge in [0.15, 0.2) is 20.7 Å². The number of Topliss-reactive ketones (excluding diaryl/α,β-unsaturated/α-hetero) is 1. The second-order valence-electron chi connectivity index (χ2n) is 13.5. The van der Waals surface area contributed by atoms with Crippen LogP contribution in [0.5, 0.6) is 5.75 Å². The van der Waals surface area contributed by atoms with Gasteiger partial charge in [-0.2, -0.15) is 0 Å². The molecule has 1 aliphatic heterocycles. The van der Waals surface area contributed by atoms with Crippen LogP contribution >= 0.6 is 0 Å². The van der Waals surface area contributed by atoms with Crippen LogP contribution in [0.3, 0.4) is 0 Å². The SMILES string of the molecule is CC(C)(C)N(Cc1ccc(C(=O)NCc2ccc(OCC(=O)N3CC(=O)[C@@H](O[Si](C)(C)C(C)(C)C)C3)cc2)cc1)C(=O)O. The van der Waals surface area contributed by atoms with Crippen LogP contribution in [0.25, 0.3) is 0 Å². The number of hydrogen-bond donors (Lipinski definition) is 2. The number of likely N-dealkylation sites (tertiary alicyclic amines) is 1. The van der Waals surface area contributed by atoms with Crippen molar-refractivity contribution in [2.24, 2.45) is 0 Å². The van der Waals surface area contributed by atoms with Gasteiger partial charge in [0.2, 0.25) is 0 Å². The average molecular weight is 612 g/mol. The van der Waals surface area contributed by atoms with Crippen LogP contribution in [0.1, 0.15) is 63.0 Å². The quantitative estimate of drug-likeness (QED) is 0.359. The molecule has 43 heavy (non-hydrogen) atoms. The molecule has 0 unspecified atom stereocenters. The summed E-state index contributed by atoms with van der Waals surface area (Å²) >= 11 is 0. The Balaban J connectivity index is 1.46. The molecular formula is C32H45N3O7Si. The van der Waals surface area contributed by atoms with Gasteiger partial charge in [-0.25, -0.2) is 4.79 Å². The predicted molar refractivity (Wildman–Crippen MR) is 167 cm³/mol. The lowest BCUT2D eigenvalue weighted by Crippen LogP contribution is -2.46. The molecule has 0 aromatic heterocycles. The Hall–Kier alpha value is -3.70. The Morgan fingerprint density at radius 3 is 2.09 bits per heavy atom. The molecule has 0 saturated carbocycles. The molecule has 1 fully saturated rings. The Morgan fingerprint density at radius 2 is 1.56 bits per heavy atom. The standard InChI is InChI=1S/C32H45N3O7Si/c1-31(2,3)35(30(39)40)18-23-9-13-24(14-10-23)29(38)33-17-22-11-15-25(16-12-22)41-21-28(37)34-19-26(36)27(20-34)42-43(7,8)32(4,5)6/h9-16,27H,17-21H2,1-8H3,(H,33,38)(H,39,40)/t27-/m0/s1. The second kappa shape index (κ2) is 13.3. The van der Waals surface area contributed by atoms with Crippen molar-refractivity contribution in [2.75, 3.05) is 19.7 Å². The Labute approximate surface area is 255 Å². The van der Waals surface area contributed by atoms with Gasteiger partial charge in [0, 0.05) is 24.2 Å². The Morgan fingerprint density at radius 1 is 0.977 bits per heavy atom. The maximum Gasteiger partial charge on any atom is 0.408 e. The van der Waals surface area contributed by atoms with Crippen LogP contribution in [0.15, 0.2) is 48.5 Å². The van der Waals surface area contributed by atoms with Gasteiger partial charge in [-0.1, -0.05) is 45.0 Å². The summed E-state index contributed by atoms with van der Waals surface area (Å²) in [4.78, 5) is 52.3. The molecule has 11 heteroatoms. The minimum atomic E-state index is -2.14. The van der Waals surface area contributed by atoms with Gasteiger partial charge in [-0.15, -0.1) is 0 Å². The van der Waals surface area contributed by atoms with E-state index in [-0.39, 0.29) is 48.9 Å². The molecule has 0 spiro atoms. The van der Waals surface area contributed by atoms with E-state index in [4.69, 9.17) is 9.16 Å². The number of carboxylic acid groups (broad SMARTS) is 1. The fourth-order valence-electron chi connectivity index (χ4n) is 4.24. The molecule has 1 heterocycles. The van der Waals surface area contributed by atoms with Crippen LogP contribution in [0, 0.1) is 0 Å². The van der Waals surface area contributed by atoms with E-state index in [9.17, 15) is 24.3 Å². The van der Waals surface area contributed by atoms with Crippen LogP contribution in [-0.4, -0.2) is 78.3 Å². The molecule has 1 saturated heterocycles. The van der Waals surface area contributed by atoms with Crippen molar-refractivity contribution >= 4 is 32.0 Å². The van der Waals surface area contributed by atoms with Gasteiger partial charge in [0.05, 0.1) is 13.1 Å². The maximum absolute atomic E-state index is 12.7. The number of amides is 3. The number of benzene rings is 2. The fraction of sp³-hybridized carbons (Fsp3) is 0.500. The molecule has 2 aromatic rings.